The van der Waals surface area contributed by atoms with Gasteiger partial charge in [0.1, 0.15) is 10.6 Å². The number of primary amides is 1. The van der Waals surface area contributed by atoms with Gasteiger partial charge in [-0.25, -0.2) is 13.1 Å². The highest BCUT2D eigenvalue weighted by molar-refractivity contribution is 7.89. The van der Waals surface area contributed by atoms with E-state index in [1.807, 2.05) is 0 Å². The normalized spacial score (nSPS) is 11.0. The second-order valence-electron chi connectivity index (χ2n) is 5.49. The van der Waals surface area contributed by atoms with Gasteiger partial charge in [-0.1, -0.05) is 6.92 Å². The number of amides is 2. The summed E-state index contributed by atoms with van der Waals surface area (Å²) in [7, 11) is -3.81. The summed E-state index contributed by atoms with van der Waals surface area (Å²) in [6, 6.07) is 10.2. The van der Waals surface area contributed by atoms with Crippen molar-refractivity contribution in [1.82, 2.24) is 4.72 Å². The molecule has 2 amide bonds. The van der Waals surface area contributed by atoms with E-state index < -0.39 is 21.8 Å². The molecule has 27 heavy (non-hydrogen) atoms. The zero-order valence-corrected chi connectivity index (χ0v) is 15.8. The van der Waals surface area contributed by atoms with E-state index in [1.54, 1.807) is 13.8 Å². The van der Waals surface area contributed by atoms with Crippen LogP contribution in [0.15, 0.2) is 47.4 Å². The molecule has 4 N–H and O–H groups in total. The van der Waals surface area contributed by atoms with E-state index in [-0.39, 0.29) is 29.4 Å². The average Bonchev–Trinajstić information content (AvgIpc) is 2.62. The van der Waals surface area contributed by atoms with Crippen molar-refractivity contribution >= 4 is 27.5 Å². The number of carbonyl (C=O) groups is 2. The zero-order valence-electron chi connectivity index (χ0n) is 15.0. The number of rotatable bonds is 8. The second-order valence-corrected chi connectivity index (χ2v) is 7.23. The van der Waals surface area contributed by atoms with Gasteiger partial charge in [-0.3, -0.25) is 9.59 Å². The van der Waals surface area contributed by atoms with Gasteiger partial charge in [0.25, 0.3) is 5.91 Å². The van der Waals surface area contributed by atoms with E-state index in [4.69, 9.17) is 10.5 Å². The Morgan fingerprint density at radius 2 is 1.67 bits per heavy atom. The third kappa shape index (κ3) is 5.05. The molecule has 0 aliphatic rings. The maximum atomic E-state index is 12.5. The lowest BCUT2D eigenvalue weighted by Gasteiger charge is -2.13. The van der Waals surface area contributed by atoms with E-state index in [2.05, 4.69) is 10.0 Å². The molecular formula is C18H21N3O5S. The smallest absolute Gasteiger partial charge is 0.255 e. The Morgan fingerprint density at radius 3 is 2.22 bits per heavy atom. The van der Waals surface area contributed by atoms with Crippen LogP contribution in [0.3, 0.4) is 0 Å². The SMILES string of the molecule is CCNS(=O)(=O)c1cc(C(=O)Nc2ccc(C(N)=O)cc2)ccc1OCC. The quantitative estimate of drug-likeness (QED) is 0.631. The molecule has 0 bridgehead atoms. The van der Waals surface area contributed by atoms with Crippen LogP contribution < -0.4 is 20.5 Å². The zero-order chi connectivity index (χ0) is 20.0. The molecule has 0 heterocycles. The maximum absolute atomic E-state index is 12.5. The number of benzene rings is 2. The molecule has 0 aliphatic carbocycles. The molecule has 0 fully saturated rings. The largest absolute Gasteiger partial charge is 0.492 e. The minimum absolute atomic E-state index is 0.108. The van der Waals surface area contributed by atoms with Gasteiger partial charge in [-0.15, -0.1) is 0 Å². The molecule has 0 spiro atoms. The van der Waals surface area contributed by atoms with Crippen LogP contribution in [0.5, 0.6) is 5.75 Å². The predicted molar refractivity (Wildman–Crippen MR) is 101 cm³/mol. The fourth-order valence-corrected chi connectivity index (χ4v) is 3.53. The summed E-state index contributed by atoms with van der Waals surface area (Å²) >= 11 is 0. The van der Waals surface area contributed by atoms with Crippen LogP contribution in [-0.4, -0.2) is 33.4 Å². The van der Waals surface area contributed by atoms with Gasteiger partial charge in [0.2, 0.25) is 15.9 Å². The highest BCUT2D eigenvalue weighted by Gasteiger charge is 2.21. The maximum Gasteiger partial charge on any atom is 0.255 e. The van der Waals surface area contributed by atoms with Crippen molar-refractivity contribution < 1.29 is 22.7 Å². The fraction of sp³-hybridized carbons (Fsp3) is 0.222. The summed E-state index contributed by atoms with van der Waals surface area (Å²) in [5.41, 5.74) is 6.08. The van der Waals surface area contributed by atoms with Crippen molar-refractivity contribution in [2.45, 2.75) is 18.7 Å². The van der Waals surface area contributed by atoms with E-state index in [0.29, 0.717) is 11.3 Å². The van der Waals surface area contributed by atoms with Gasteiger partial charge in [-0.2, -0.15) is 0 Å². The van der Waals surface area contributed by atoms with Crippen LogP contribution in [0.4, 0.5) is 5.69 Å². The summed E-state index contributed by atoms with van der Waals surface area (Å²) in [5, 5.41) is 2.64. The van der Waals surface area contributed by atoms with E-state index >= 15 is 0 Å². The minimum atomic E-state index is -3.81. The Morgan fingerprint density at radius 1 is 1.04 bits per heavy atom. The predicted octanol–water partition coefficient (Wildman–Crippen LogP) is 1.73. The van der Waals surface area contributed by atoms with Crippen molar-refractivity contribution in [2.75, 3.05) is 18.5 Å². The minimum Gasteiger partial charge on any atom is -0.492 e. The summed E-state index contributed by atoms with van der Waals surface area (Å²) in [6.45, 7) is 3.88. The van der Waals surface area contributed by atoms with Crippen molar-refractivity contribution in [3.8, 4) is 5.75 Å². The molecule has 0 aliphatic heterocycles. The highest BCUT2D eigenvalue weighted by atomic mass is 32.2. The van der Waals surface area contributed by atoms with Gasteiger partial charge in [0, 0.05) is 23.4 Å². The number of nitrogens with two attached hydrogens (primary N) is 1. The van der Waals surface area contributed by atoms with Crippen LogP contribution in [-0.2, 0) is 10.0 Å². The Labute approximate surface area is 157 Å². The number of hydrogen-bond acceptors (Lipinski definition) is 5. The number of nitrogens with one attached hydrogen (secondary N) is 2. The third-order valence-electron chi connectivity index (χ3n) is 3.56. The monoisotopic (exact) mass is 391 g/mol. The lowest BCUT2D eigenvalue weighted by molar-refractivity contribution is 0.0998. The highest BCUT2D eigenvalue weighted by Crippen LogP contribution is 2.25. The van der Waals surface area contributed by atoms with E-state index in [0.717, 1.165) is 0 Å². The topological polar surface area (TPSA) is 128 Å². The van der Waals surface area contributed by atoms with Crippen LogP contribution >= 0.6 is 0 Å². The lowest BCUT2D eigenvalue weighted by atomic mass is 10.1. The second kappa shape index (κ2) is 8.65. The molecule has 0 unspecified atom stereocenters. The fourth-order valence-electron chi connectivity index (χ4n) is 2.32. The molecule has 0 atom stereocenters. The van der Waals surface area contributed by atoms with Crippen molar-refractivity contribution in [2.24, 2.45) is 5.73 Å². The Balaban J connectivity index is 2.31. The Bertz CT molecular complexity index is 940. The molecule has 2 aromatic carbocycles. The number of hydrogen-bond donors (Lipinski definition) is 3. The molecule has 2 aromatic rings. The molecule has 0 saturated carbocycles. The first kappa shape index (κ1) is 20.4. The summed E-state index contributed by atoms with van der Waals surface area (Å²) in [6.07, 6.45) is 0. The molecule has 2 rings (SSSR count). The van der Waals surface area contributed by atoms with Gasteiger partial charge >= 0.3 is 0 Å². The number of anilines is 1. The number of carbonyl (C=O) groups excluding carboxylic acids is 2. The van der Waals surface area contributed by atoms with Crippen LogP contribution in [0.2, 0.25) is 0 Å². The molecule has 144 valence electrons. The summed E-state index contributed by atoms with van der Waals surface area (Å²) in [4.78, 5) is 23.5. The standard InChI is InChI=1S/C18H21N3O5S/c1-3-20-27(24,25)16-11-13(7-10-15(16)26-4-2)18(23)21-14-8-5-12(6-9-14)17(19)22/h5-11,20H,3-4H2,1-2H3,(H2,19,22)(H,21,23). The molecule has 8 nitrogen and oxygen atoms in total. The molecular weight excluding hydrogens is 370 g/mol. The van der Waals surface area contributed by atoms with Gasteiger partial charge in [-0.05, 0) is 49.4 Å². The van der Waals surface area contributed by atoms with Gasteiger partial charge in [0.15, 0.2) is 0 Å². The van der Waals surface area contributed by atoms with Crippen molar-refractivity contribution in [1.29, 1.82) is 0 Å². The first-order valence-electron chi connectivity index (χ1n) is 8.26. The number of sulfonamides is 1. The van der Waals surface area contributed by atoms with Crippen LogP contribution in [0.1, 0.15) is 34.6 Å². The molecule has 0 aromatic heterocycles. The third-order valence-corrected chi connectivity index (χ3v) is 5.12. The van der Waals surface area contributed by atoms with Crippen LogP contribution in [0, 0.1) is 0 Å². The van der Waals surface area contributed by atoms with Gasteiger partial charge in [0.05, 0.1) is 6.61 Å². The first-order chi connectivity index (χ1) is 12.8. The summed E-state index contributed by atoms with van der Waals surface area (Å²) < 4.78 is 32.5. The Kier molecular flexibility index (Phi) is 6.54. The first-order valence-corrected chi connectivity index (χ1v) is 9.74. The van der Waals surface area contributed by atoms with E-state index in [9.17, 15) is 18.0 Å². The Hall–Kier alpha value is -2.91. The average molecular weight is 391 g/mol. The van der Waals surface area contributed by atoms with Gasteiger partial charge < -0.3 is 15.8 Å². The van der Waals surface area contributed by atoms with Crippen molar-refractivity contribution in [3.63, 3.8) is 0 Å². The lowest BCUT2D eigenvalue weighted by Crippen LogP contribution is -2.24. The molecule has 9 heteroatoms. The van der Waals surface area contributed by atoms with E-state index in [1.165, 1.54) is 42.5 Å². The number of ether oxygens (including phenoxy) is 1. The molecule has 0 saturated heterocycles. The summed E-state index contributed by atoms with van der Waals surface area (Å²) in [5.74, 6) is -0.906. The van der Waals surface area contributed by atoms with Crippen LogP contribution in [0.25, 0.3) is 0 Å². The van der Waals surface area contributed by atoms with Crippen molar-refractivity contribution in [3.05, 3.63) is 53.6 Å². The molecule has 0 radical (unpaired) electrons.